The smallest absolute Gasteiger partial charge is 0.339 e. The molecule has 0 fully saturated rings. The van der Waals surface area contributed by atoms with Crippen LogP contribution < -0.4 is 4.74 Å². The van der Waals surface area contributed by atoms with Gasteiger partial charge in [-0.3, -0.25) is 10.1 Å². The summed E-state index contributed by atoms with van der Waals surface area (Å²) >= 11 is 5.75. The molecule has 102 valence electrons. The van der Waals surface area contributed by atoms with Gasteiger partial charge in [0.1, 0.15) is 16.3 Å². The quantitative estimate of drug-likeness (QED) is 0.685. The maximum Gasteiger partial charge on any atom is 0.339 e. The summed E-state index contributed by atoms with van der Waals surface area (Å²) in [4.78, 5) is 21.4. The molecule has 20 heavy (non-hydrogen) atoms. The van der Waals surface area contributed by atoms with E-state index >= 15 is 0 Å². The van der Waals surface area contributed by atoms with Crippen molar-refractivity contribution in [1.82, 2.24) is 0 Å². The first kappa shape index (κ1) is 13.8. The Morgan fingerprint density at radius 3 is 2.45 bits per heavy atom. The SMILES string of the molecule is O=C(O)c1ccccc1Oc1cccc(Cl)c1[N+](=O)[O-]. The van der Waals surface area contributed by atoms with Gasteiger partial charge in [-0.2, -0.15) is 0 Å². The summed E-state index contributed by atoms with van der Waals surface area (Å²) in [6.45, 7) is 0. The molecule has 2 aromatic carbocycles. The van der Waals surface area contributed by atoms with E-state index in [1.165, 1.54) is 36.4 Å². The molecule has 0 radical (unpaired) electrons. The van der Waals surface area contributed by atoms with Crippen molar-refractivity contribution in [2.75, 3.05) is 0 Å². The minimum Gasteiger partial charge on any atom is -0.478 e. The lowest BCUT2D eigenvalue weighted by Crippen LogP contribution is -2.01. The Morgan fingerprint density at radius 2 is 1.80 bits per heavy atom. The van der Waals surface area contributed by atoms with Crippen molar-refractivity contribution in [1.29, 1.82) is 0 Å². The molecule has 0 aliphatic carbocycles. The van der Waals surface area contributed by atoms with Crippen molar-refractivity contribution in [2.45, 2.75) is 0 Å². The Hall–Kier alpha value is -2.60. The lowest BCUT2D eigenvalue weighted by atomic mass is 10.2. The van der Waals surface area contributed by atoms with Crippen LogP contribution in [0.2, 0.25) is 5.02 Å². The van der Waals surface area contributed by atoms with Gasteiger partial charge < -0.3 is 9.84 Å². The van der Waals surface area contributed by atoms with Crippen LogP contribution in [0.25, 0.3) is 0 Å². The molecule has 0 heterocycles. The fourth-order valence-corrected chi connectivity index (χ4v) is 1.84. The van der Waals surface area contributed by atoms with Crippen LogP contribution in [0.5, 0.6) is 11.5 Å². The third-order valence-corrected chi connectivity index (χ3v) is 2.77. The lowest BCUT2D eigenvalue weighted by molar-refractivity contribution is -0.385. The summed E-state index contributed by atoms with van der Waals surface area (Å²) in [5.74, 6) is -1.30. The van der Waals surface area contributed by atoms with Gasteiger partial charge in [0.2, 0.25) is 5.75 Å². The van der Waals surface area contributed by atoms with E-state index in [-0.39, 0.29) is 22.1 Å². The van der Waals surface area contributed by atoms with E-state index in [2.05, 4.69) is 0 Å². The van der Waals surface area contributed by atoms with Gasteiger partial charge in [-0.25, -0.2) is 4.79 Å². The average molecular weight is 294 g/mol. The van der Waals surface area contributed by atoms with Crippen LogP contribution >= 0.6 is 11.6 Å². The molecule has 0 saturated heterocycles. The molecule has 0 aliphatic rings. The zero-order valence-corrected chi connectivity index (χ0v) is 10.7. The molecule has 0 saturated carbocycles. The largest absolute Gasteiger partial charge is 0.478 e. The molecule has 0 unspecified atom stereocenters. The van der Waals surface area contributed by atoms with Crippen molar-refractivity contribution in [2.24, 2.45) is 0 Å². The number of halogens is 1. The van der Waals surface area contributed by atoms with E-state index < -0.39 is 16.6 Å². The lowest BCUT2D eigenvalue weighted by Gasteiger charge is -2.09. The van der Waals surface area contributed by atoms with Crippen molar-refractivity contribution in [3.8, 4) is 11.5 Å². The first-order valence-corrected chi connectivity index (χ1v) is 5.81. The van der Waals surface area contributed by atoms with E-state index in [4.69, 9.17) is 21.4 Å². The Kier molecular flexibility index (Phi) is 3.86. The summed E-state index contributed by atoms with van der Waals surface area (Å²) < 4.78 is 5.34. The second-order valence-corrected chi connectivity index (χ2v) is 4.15. The molecule has 6 nitrogen and oxygen atoms in total. The van der Waals surface area contributed by atoms with Crippen LogP contribution in [0.1, 0.15) is 10.4 Å². The Morgan fingerprint density at radius 1 is 1.15 bits per heavy atom. The van der Waals surface area contributed by atoms with Crippen molar-refractivity contribution in [3.63, 3.8) is 0 Å². The number of aromatic carboxylic acids is 1. The standard InChI is InChI=1S/C13H8ClNO5/c14-9-5-3-7-11(12(9)15(18)19)20-10-6-2-1-4-8(10)13(16)17/h1-7H,(H,16,17). The van der Waals surface area contributed by atoms with Gasteiger partial charge in [0.25, 0.3) is 0 Å². The number of carbonyl (C=O) groups is 1. The summed E-state index contributed by atoms with van der Waals surface area (Å²) in [6, 6.07) is 10.0. The number of para-hydroxylation sites is 2. The van der Waals surface area contributed by atoms with Crippen molar-refractivity contribution in [3.05, 3.63) is 63.2 Å². The fourth-order valence-electron chi connectivity index (χ4n) is 1.61. The third kappa shape index (κ3) is 2.70. The van der Waals surface area contributed by atoms with E-state index in [9.17, 15) is 14.9 Å². The molecule has 0 bridgehead atoms. The maximum atomic E-state index is 11.1. The second kappa shape index (κ2) is 5.58. The topological polar surface area (TPSA) is 89.7 Å². The number of benzene rings is 2. The Balaban J connectivity index is 2.49. The minimum atomic E-state index is -1.19. The van der Waals surface area contributed by atoms with Crippen molar-refractivity contribution < 1.29 is 19.6 Å². The normalized spacial score (nSPS) is 10.1. The number of carboxylic acid groups (broad SMARTS) is 1. The predicted octanol–water partition coefficient (Wildman–Crippen LogP) is 3.74. The van der Waals surface area contributed by atoms with Crippen LogP contribution in [-0.2, 0) is 0 Å². The molecular weight excluding hydrogens is 286 g/mol. The third-order valence-electron chi connectivity index (χ3n) is 2.47. The van der Waals surface area contributed by atoms with Crippen LogP contribution in [0.3, 0.4) is 0 Å². The van der Waals surface area contributed by atoms with Crippen molar-refractivity contribution >= 4 is 23.3 Å². The van der Waals surface area contributed by atoms with E-state index in [1.807, 2.05) is 0 Å². The summed E-state index contributed by atoms with van der Waals surface area (Å²) in [7, 11) is 0. The molecule has 7 heteroatoms. The number of rotatable bonds is 4. The number of nitro groups is 1. The van der Waals surface area contributed by atoms with Gasteiger partial charge in [0.15, 0.2) is 0 Å². The molecule has 0 spiro atoms. The molecule has 0 aliphatic heterocycles. The van der Waals surface area contributed by atoms with Gasteiger partial charge in [-0.15, -0.1) is 0 Å². The Bertz CT molecular complexity index is 686. The molecule has 1 N–H and O–H groups in total. The highest BCUT2D eigenvalue weighted by atomic mass is 35.5. The monoisotopic (exact) mass is 293 g/mol. The molecule has 0 atom stereocenters. The highest BCUT2D eigenvalue weighted by Crippen LogP contribution is 2.37. The molecule has 0 aromatic heterocycles. The molecule has 2 rings (SSSR count). The summed E-state index contributed by atoms with van der Waals surface area (Å²) in [5.41, 5.74) is -0.504. The number of nitrogens with zero attached hydrogens (tertiary/aromatic N) is 1. The highest BCUT2D eigenvalue weighted by molar-refractivity contribution is 6.32. The fraction of sp³-hybridized carbons (Fsp3) is 0. The maximum absolute atomic E-state index is 11.1. The molecular formula is C13H8ClNO5. The number of hydrogen-bond acceptors (Lipinski definition) is 4. The van der Waals surface area contributed by atoms with E-state index in [1.54, 1.807) is 6.07 Å². The van der Waals surface area contributed by atoms with Gasteiger partial charge in [0, 0.05) is 0 Å². The van der Waals surface area contributed by atoms with Gasteiger partial charge in [-0.1, -0.05) is 29.8 Å². The predicted molar refractivity (Wildman–Crippen MR) is 71.6 cm³/mol. The number of carboxylic acids is 1. The summed E-state index contributed by atoms with van der Waals surface area (Å²) in [6.07, 6.45) is 0. The van der Waals surface area contributed by atoms with Crippen LogP contribution in [0.4, 0.5) is 5.69 Å². The average Bonchev–Trinajstić information content (AvgIpc) is 2.38. The zero-order valence-electron chi connectivity index (χ0n) is 9.95. The first-order valence-electron chi connectivity index (χ1n) is 5.44. The minimum absolute atomic E-state index is 0.00497. The van der Waals surface area contributed by atoms with Gasteiger partial charge in [-0.05, 0) is 24.3 Å². The first-order chi connectivity index (χ1) is 9.50. The molecule has 0 amide bonds. The van der Waals surface area contributed by atoms with Crippen LogP contribution in [-0.4, -0.2) is 16.0 Å². The zero-order chi connectivity index (χ0) is 14.7. The van der Waals surface area contributed by atoms with Gasteiger partial charge >= 0.3 is 11.7 Å². The Labute approximate surface area is 118 Å². The second-order valence-electron chi connectivity index (χ2n) is 3.75. The highest BCUT2D eigenvalue weighted by Gasteiger charge is 2.21. The number of nitro benzene ring substituents is 1. The van der Waals surface area contributed by atoms with Crippen LogP contribution in [0, 0.1) is 10.1 Å². The molecule has 2 aromatic rings. The number of hydrogen-bond donors (Lipinski definition) is 1. The van der Waals surface area contributed by atoms with Gasteiger partial charge in [0.05, 0.1) is 4.92 Å². The number of ether oxygens (including phenoxy) is 1. The van der Waals surface area contributed by atoms with Crippen LogP contribution in [0.15, 0.2) is 42.5 Å². The van der Waals surface area contributed by atoms with E-state index in [0.717, 1.165) is 0 Å². The van der Waals surface area contributed by atoms with E-state index in [0.29, 0.717) is 0 Å². The summed E-state index contributed by atoms with van der Waals surface area (Å²) in [5, 5.41) is 19.9.